The number of carbonyl (C=O) groups excluding carboxylic acids is 4. The number of aliphatic carboxylic acids is 1. The molecule has 3 N–H and O–H groups in total. The van der Waals surface area contributed by atoms with Crippen LogP contribution in [0.1, 0.15) is 46.5 Å². The Bertz CT molecular complexity index is 666. The molecule has 2 aliphatic rings. The largest absolute Gasteiger partial charge is 0.480 e. The van der Waals surface area contributed by atoms with E-state index in [4.69, 9.17) is 0 Å². The van der Waals surface area contributed by atoms with Crippen molar-refractivity contribution in [3.8, 4) is 0 Å². The fraction of sp³-hybridized carbons (Fsp3) is 0.722. The zero-order chi connectivity index (χ0) is 21.0. The maximum Gasteiger partial charge on any atom is 0.326 e. The molecule has 0 unspecified atom stereocenters. The molecule has 0 bridgehead atoms. The number of nitrogens with one attached hydrogen (secondary N) is 2. The number of likely N-dealkylation sites (tertiary alicyclic amines) is 2. The topological polar surface area (TPSA) is 136 Å². The second-order valence-corrected chi connectivity index (χ2v) is 7.37. The van der Waals surface area contributed by atoms with Crippen LogP contribution in [0.5, 0.6) is 0 Å². The Morgan fingerprint density at radius 2 is 1.46 bits per heavy atom. The lowest BCUT2D eigenvalue weighted by atomic mass is 10.1. The SMILES string of the molecule is CC(=O)N[C@@H](C)C(=O)N[C@@H](C)C(=O)N1CCC[C@H]1C(=O)N1CCC[C@H]1C(=O)O. The third-order valence-electron chi connectivity index (χ3n) is 5.18. The molecule has 2 saturated heterocycles. The van der Waals surface area contributed by atoms with Crippen molar-refractivity contribution in [2.75, 3.05) is 13.1 Å². The van der Waals surface area contributed by atoms with Gasteiger partial charge >= 0.3 is 5.97 Å². The summed E-state index contributed by atoms with van der Waals surface area (Å²) in [4.78, 5) is 63.0. The highest BCUT2D eigenvalue weighted by atomic mass is 16.4. The third-order valence-corrected chi connectivity index (χ3v) is 5.18. The first-order valence-electron chi connectivity index (χ1n) is 9.54. The Labute approximate surface area is 163 Å². The minimum absolute atomic E-state index is 0.346. The molecule has 4 atom stereocenters. The van der Waals surface area contributed by atoms with Crippen molar-refractivity contribution in [3.05, 3.63) is 0 Å². The van der Waals surface area contributed by atoms with E-state index < -0.39 is 42.0 Å². The Balaban J connectivity index is 2.01. The first kappa shape index (κ1) is 21.6. The zero-order valence-corrected chi connectivity index (χ0v) is 16.4. The van der Waals surface area contributed by atoms with Crippen LogP contribution in [0.25, 0.3) is 0 Å². The summed E-state index contributed by atoms with van der Waals surface area (Å²) >= 11 is 0. The summed E-state index contributed by atoms with van der Waals surface area (Å²) in [5.41, 5.74) is 0. The standard InChI is InChI=1S/C18H28N4O6/c1-10(19-12(3)23)15(24)20-11(2)16(25)21-8-4-6-13(21)17(26)22-9-5-7-14(22)18(27)28/h10-11,13-14H,4-9H2,1-3H3,(H,19,23)(H,20,24)(H,27,28)/t10-,11-,13-,14-/m0/s1. The van der Waals surface area contributed by atoms with Crippen LogP contribution in [-0.2, 0) is 24.0 Å². The van der Waals surface area contributed by atoms with E-state index in [0.717, 1.165) is 0 Å². The molecule has 0 aromatic carbocycles. The number of amides is 4. The summed E-state index contributed by atoms with van der Waals surface area (Å²) in [5.74, 6) is -2.63. The highest BCUT2D eigenvalue weighted by molar-refractivity contribution is 5.95. The van der Waals surface area contributed by atoms with E-state index in [2.05, 4.69) is 10.6 Å². The van der Waals surface area contributed by atoms with E-state index in [1.807, 2.05) is 0 Å². The van der Waals surface area contributed by atoms with Gasteiger partial charge in [-0.2, -0.15) is 0 Å². The van der Waals surface area contributed by atoms with Gasteiger partial charge in [-0.1, -0.05) is 0 Å². The first-order valence-corrected chi connectivity index (χ1v) is 9.54. The molecule has 2 heterocycles. The number of carboxylic acids is 1. The number of hydrogen-bond acceptors (Lipinski definition) is 5. The van der Waals surface area contributed by atoms with Crippen LogP contribution in [0.2, 0.25) is 0 Å². The van der Waals surface area contributed by atoms with Gasteiger partial charge in [-0.3, -0.25) is 19.2 Å². The van der Waals surface area contributed by atoms with Crippen molar-refractivity contribution in [1.29, 1.82) is 0 Å². The van der Waals surface area contributed by atoms with Crippen molar-refractivity contribution >= 4 is 29.6 Å². The lowest BCUT2D eigenvalue weighted by Gasteiger charge is -2.31. The molecular weight excluding hydrogens is 368 g/mol. The minimum Gasteiger partial charge on any atom is -0.480 e. The fourth-order valence-corrected chi connectivity index (χ4v) is 3.79. The van der Waals surface area contributed by atoms with Gasteiger partial charge in [0.25, 0.3) is 0 Å². The molecule has 0 aromatic heterocycles. The third kappa shape index (κ3) is 4.79. The molecule has 0 saturated carbocycles. The zero-order valence-electron chi connectivity index (χ0n) is 16.4. The number of rotatable bonds is 6. The van der Waals surface area contributed by atoms with E-state index in [0.29, 0.717) is 38.8 Å². The molecule has 28 heavy (non-hydrogen) atoms. The number of hydrogen-bond donors (Lipinski definition) is 3. The van der Waals surface area contributed by atoms with Gasteiger partial charge in [-0.15, -0.1) is 0 Å². The molecule has 4 amide bonds. The van der Waals surface area contributed by atoms with Crippen LogP contribution < -0.4 is 10.6 Å². The van der Waals surface area contributed by atoms with Crippen LogP contribution in [0.3, 0.4) is 0 Å². The van der Waals surface area contributed by atoms with E-state index in [1.54, 1.807) is 0 Å². The van der Waals surface area contributed by atoms with Crippen LogP contribution in [0, 0.1) is 0 Å². The number of carboxylic acid groups (broad SMARTS) is 1. The maximum atomic E-state index is 12.9. The number of nitrogens with zero attached hydrogens (tertiary/aromatic N) is 2. The van der Waals surface area contributed by atoms with Crippen molar-refractivity contribution < 1.29 is 29.1 Å². The molecular formula is C18H28N4O6. The average Bonchev–Trinajstić information content (AvgIpc) is 3.29. The quantitative estimate of drug-likeness (QED) is 0.531. The molecule has 156 valence electrons. The Morgan fingerprint density at radius 3 is 2.04 bits per heavy atom. The van der Waals surface area contributed by atoms with Gasteiger partial charge in [0.05, 0.1) is 0 Å². The second kappa shape index (κ2) is 9.03. The van der Waals surface area contributed by atoms with E-state index in [-0.39, 0.29) is 11.8 Å². The Kier molecular flexibility index (Phi) is 6.98. The molecule has 2 rings (SSSR count). The first-order chi connectivity index (χ1) is 13.1. The highest BCUT2D eigenvalue weighted by Crippen LogP contribution is 2.25. The molecule has 10 nitrogen and oxygen atoms in total. The van der Waals surface area contributed by atoms with Crippen LogP contribution in [0.15, 0.2) is 0 Å². The lowest BCUT2D eigenvalue weighted by Crippen LogP contribution is -2.56. The van der Waals surface area contributed by atoms with Crippen molar-refractivity contribution in [1.82, 2.24) is 20.4 Å². The van der Waals surface area contributed by atoms with Crippen molar-refractivity contribution in [2.24, 2.45) is 0 Å². The monoisotopic (exact) mass is 396 g/mol. The summed E-state index contributed by atoms with van der Waals surface area (Å²) in [6.45, 7) is 5.07. The second-order valence-electron chi connectivity index (χ2n) is 7.37. The van der Waals surface area contributed by atoms with Crippen LogP contribution >= 0.6 is 0 Å². The summed E-state index contributed by atoms with van der Waals surface area (Å²) in [5, 5.41) is 14.3. The van der Waals surface area contributed by atoms with Crippen LogP contribution in [-0.4, -0.2) is 81.8 Å². The molecule has 0 radical (unpaired) electrons. The Morgan fingerprint density at radius 1 is 0.893 bits per heavy atom. The molecule has 0 aliphatic carbocycles. The summed E-state index contributed by atoms with van der Waals surface area (Å²) in [7, 11) is 0. The smallest absolute Gasteiger partial charge is 0.326 e. The van der Waals surface area contributed by atoms with Crippen molar-refractivity contribution in [3.63, 3.8) is 0 Å². The van der Waals surface area contributed by atoms with Crippen LogP contribution in [0.4, 0.5) is 0 Å². The van der Waals surface area contributed by atoms with Gasteiger partial charge in [-0.25, -0.2) is 4.79 Å². The highest BCUT2D eigenvalue weighted by Gasteiger charge is 2.43. The predicted octanol–water partition coefficient (Wildman–Crippen LogP) is -0.918. The average molecular weight is 396 g/mol. The molecule has 0 spiro atoms. The summed E-state index contributed by atoms with van der Waals surface area (Å²) in [6, 6.07) is -3.21. The Hall–Kier alpha value is -2.65. The summed E-state index contributed by atoms with van der Waals surface area (Å²) < 4.78 is 0. The molecule has 2 aliphatic heterocycles. The molecule has 2 fully saturated rings. The van der Waals surface area contributed by atoms with E-state index in [9.17, 15) is 29.1 Å². The lowest BCUT2D eigenvalue weighted by molar-refractivity contribution is -0.152. The number of carbonyl (C=O) groups is 5. The molecule has 10 heteroatoms. The molecule has 0 aromatic rings. The summed E-state index contributed by atoms with van der Waals surface area (Å²) in [6.07, 6.45) is 2.14. The fourth-order valence-electron chi connectivity index (χ4n) is 3.79. The van der Waals surface area contributed by atoms with E-state index in [1.165, 1.54) is 30.6 Å². The van der Waals surface area contributed by atoms with Gasteiger partial charge in [0.2, 0.25) is 23.6 Å². The minimum atomic E-state index is -1.03. The van der Waals surface area contributed by atoms with Gasteiger partial charge < -0.3 is 25.5 Å². The maximum absolute atomic E-state index is 12.9. The van der Waals surface area contributed by atoms with Gasteiger partial charge in [0, 0.05) is 20.0 Å². The van der Waals surface area contributed by atoms with Gasteiger partial charge in [0.15, 0.2) is 0 Å². The van der Waals surface area contributed by atoms with E-state index >= 15 is 0 Å². The normalized spacial score (nSPS) is 23.8. The predicted molar refractivity (Wildman–Crippen MR) is 98.0 cm³/mol. The van der Waals surface area contributed by atoms with Gasteiger partial charge in [-0.05, 0) is 39.5 Å². The van der Waals surface area contributed by atoms with Gasteiger partial charge in [0.1, 0.15) is 24.2 Å². The van der Waals surface area contributed by atoms with Crippen molar-refractivity contribution in [2.45, 2.75) is 70.6 Å².